The zero-order chi connectivity index (χ0) is 7.72. The van der Waals surface area contributed by atoms with Crippen molar-refractivity contribution in [3.05, 3.63) is 0 Å². The van der Waals surface area contributed by atoms with Crippen LogP contribution < -0.4 is 11.5 Å². The monoisotopic (exact) mass is 142 g/mol. The van der Waals surface area contributed by atoms with E-state index in [0.29, 0.717) is 0 Å². The maximum Gasteiger partial charge on any atom is 0.243 e. The number of aliphatic imine (C=N–C) groups is 1. The molecule has 0 aliphatic carbocycles. The number of hydrogen-bond acceptors (Lipinski definition) is 4. The number of nitrogens with zero attached hydrogens (tertiary/aromatic N) is 2. The van der Waals surface area contributed by atoms with Crippen LogP contribution in [0.5, 0.6) is 0 Å². The smallest absolute Gasteiger partial charge is 0.243 e. The van der Waals surface area contributed by atoms with Gasteiger partial charge in [-0.1, -0.05) is 0 Å². The molecule has 10 heavy (non-hydrogen) atoms. The van der Waals surface area contributed by atoms with Gasteiger partial charge in [-0.3, -0.25) is 9.79 Å². The molecule has 1 heterocycles. The molecule has 0 aromatic heterocycles. The first-order valence-corrected chi connectivity index (χ1v) is 2.93. The Kier molecular flexibility index (Phi) is 1.58. The summed E-state index contributed by atoms with van der Waals surface area (Å²) >= 11 is 0. The number of likely N-dealkylation sites (N-methyl/N-ethyl adjacent to an activating group) is 1. The zero-order valence-electron chi connectivity index (χ0n) is 5.69. The number of primary amides is 1. The number of rotatable bonds is 1. The van der Waals surface area contributed by atoms with Crippen molar-refractivity contribution in [3.63, 3.8) is 0 Å². The SMILES string of the molecule is CN1C=NC(N)C1C(N)=O. The van der Waals surface area contributed by atoms with E-state index in [4.69, 9.17) is 11.5 Å². The molecule has 1 amide bonds. The summed E-state index contributed by atoms with van der Waals surface area (Å²) in [4.78, 5) is 16.0. The van der Waals surface area contributed by atoms with Gasteiger partial charge in [0.2, 0.25) is 5.91 Å². The Labute approximate surface area is 58.7 Å². The lowest BCUT2D eigenvalue weighted by molar-refractivity contribution is -0.121. The quantitative estimate of drug-likeness (QED) is 0.448. The first kappa shape index (κ1) is 7.01. The van der Waals surface area contributed by atoms with Crippen LogP contribution in [-0.2, 0) is 4.79 Å². The largest absolute Gasteiger partial charge is 0.368 e. The fraction of sp³-hybridized carbons (Fsp3) is 0.600. The third-order valence-corrected chi connectivity index (χ3v) is 1.47. The van der Waals surface area contributed by atoms with Crippen molar-refractivity contribution in [1.82, 2.24) is 4.90 Å². The van der Waals surface area contributed by atoms with Gasteiger partial charge in [-0.05, 0) is 0 Å². The van der Waals surface area contributed by atoms with Crippen LogP contribution in [0.15, 0.2) is 4.99 Å². The molecule has 2 unspecified atom stereocenters. The number of hydrogen-bond donors (Lipinski definition) is 2. The maximum absolute atomic E-state index is 10.6. The van der Waals surface area contributed by atoms with Gasteiger partial charge in [0.25, 0.3) is 0 Å². The second kappa shape index (κ2) is 2.26. The first-order valence-electron chi connectivity index (χ1n) is 2.93. The summed E-state index contributed by atoms with van der Waals surface area (Å²) in [5, 5.41) is 0. The van der Waals surface area contributed by atoms with Crippen LogP contribution >= 0.6 is 0 Å². The van der Waals surface area contributed by atoms with E-state index in [0.717, 1.165) is 0 Å². The Morgan fingerprint density at radius 2 is 2.40 bits per heavy atom. The van der Waals surface area contributed by atoms with Crippen LogP contribution in [0, 0.1) is 0 Å². The minimum absolute atomic E-state index is 0.437. The van der Waals surface area contributed by atoms with E-state index in [9.17, 15) is 4.79 Å². The van der Waals surface area contributed by atoms with Crippen molar-refractivity contribution >= 4 is 12.2 Å². The highest BCUT2D eigenvalue weighted by Crippen LogP contribution is 2.05. The highest BCUT2D eigenvalue weighted by molar-refractivity contribution is 5.84. The Morgan fingerprint density at radius 1 is 1.80 bits per heavy atom. The molecular weight excluding hydrogens is 132 g/mol. The Morgan fingerprint density at radius 3 is 2.60 bits per heavy atom. The Hall–Kier alpha value is -1.10. The minimum Gasteiger partial charge on any atom is -0.368 e. The van der Waals surface area contributed by atoms with Crippen LogP contribution in [0.25, 0.3) is 0 Å². The third kappa shape index (κ3) is 0.950. The third-order valence-electron chi connectivity index (χ3n) is 1.47. The molecule has 0 spiro atoms. The van der Waals surface area contributed by atoms with E-state index in [2.05, 4.69) is 4.99 Å². The summed E-state index contributed by atoms with van der Waals surface area (Å²) in [5.74, 6) is -0.437. The standard InChI is InChI=1S/C5H10N4O/c1-9-2-8-4(6)3(9)5(7)10/h2-4H,6H2,1H3,(H2,7,10). The van der Waals surface area contributed by atoms with Crippen LogP contribution in [-0.4, -0.2) is 36.4 Å². The molecule has 0 aromatic carbocycles. The van der Waals surface area contributed by atoms with Gasteiger partial charge in [0, 0.05) is 7.05 Å². The van der Waals surface area contributed by atoms with E-state index in [1.165, 1.54) is 6.34 Å². The maximum atomic E-state index is 10.6. The first-order chi connectivity index (χ1) is 4.63. The van der Waals surface area contributed by atoms with Crippen molar-refractivity contribution in [3.8, 4) is 0 Å². The molecule has 4 N–H and O–H groups in total. The minimum atomic E-state index is -0.498. The van der Waals surface area contributed by atoms with Gasteiger partial charge in [0.1, 0.15) is 12.2 Å². The molecule has 2 atom stereocenters. The van der Waals surface area contributed by atoms with Gasteiger partial charge >= 0.3 is 0 Å². The fourth-order valence-corrected chi connectivity index (χ4v) is 0.945. The fourth-order valence-electron chi connectivity index (χ4n) is 0.945. The lowest BCUT2D eigenvalue weighted by Crippen LogP contribution is -2.48. The average Bonchev–Trinajstić information content (AvgIpc) is 2.11. The van der Waals surface area contributed by atoms with Crippen molar-refractivity contribution in [2.75, 3.05) is 7.05 Å². The predicted molar refractivity (Wildman–Crippen MR) is 37.2 cm³/mol. The second-order valence-electron chi connectivity index (χ2n) is 2.27. The van der Waals surface area contributed by atoms with Crippen LogP contribution in [0.3, 0.4) is 0 Å². The molecule has 0 saturated heterocycles. The molecule has 0 bridgehead atoms. The van der Waals surface area contributed by atoms with E-state index in [-0.39, 0.29) is 0 Å². The molecule has 0 saturated carbocycles. The molecule has 1 rings (SSSR count). The van der Waals surface area contributed by atoms with E-state index in [1.54, 1.807) is 11.9 Å². The van der Waals surface area contributed by atoms with Crippen molar-refractivity contribution in [1.29, 1.82) is 0 Å². The topological polar surface area (TPSA) is 84.7 Å². The molecule has 0 fully saturated rings. The van der Waals surface area contributed by atoms with Crippen LogP contribution in [0.4, 0.5) is 0 Å². The van der Waals surface area contributed by atoms with E-state index >= 15 is 0 Å². The van der Waals surface area contributed by atoms with Crippen molar-refractivity contribution in [2.45, 2.75) is 12.2 Å². The molecule has 1 aliphatic rings. The van der Waals surface area contributed by atoms with Crippen LogP contribution in [0.2, 0.25) is 0 Å². The summed E-state index contributed by atoms with van der Waals surface area (Å²) in [7, 11) is 1.71. The average molecular weight is 142 g/mol. The lowest BCUT2D eigenvalue weighted by atomic mass is 10.2. The molecule has 5 nitrogen and oxygen atoms in total. The Bertz CT molecular complexity index is 166. The summed E-state index contributed by atoms with van der Waals surface area (Å²) in [6, 6.07) is -0.472. The van der Waals surface area contributed by atoms with Gasteiger partial charge in [-0.25, -0.2) is 0 Å². The molecule has 0 radical (unpaired) electrons. The highest BCUT2D eigenvalue weighted by atomic mass is 16.1. The molecule has 56 valence electrons. The van der Waals surface area contributed by atoms with Gasteiger partial charge in [-0.15, -0.1) is 0 Å². The normalized spacial score (nSPS) is 31.2. The number of carbonyl (C=O) groups is 1. The Balaban J connectivity index is 2.69. The number of nitrogens with two attached hydrogens (primary N) is 2. The summed E-state index contributed by atoms with van der Waals surface area (Å²) in [5.41, 5.74) is 10.5. The highest BCUT2D eigenvalue weighted by Gasteiger charge is 2.29. The second-order valence-corrected chi connectivity index (χ2v) is 2.27. The molecular formula is C5H10N4O. The van der Waals surface area contributed by atoms with Crippen LogP contribution in [0.1, 0.15) is 0 Å². The van der Waals surface area contributed by atoms with E-state index in [1.807, 2.05) is 0 Å². The van der Waals surface area contributed by atoms with Gasteiger partial charge in [-0.2, -0.15) is 0 Å². The predicted octanol–water partition coefficient (Wildman–Crippen LogP) is -1.90. The zero-order valence-corrected chi connectivity index (χ0v) is 5.69. The molecule has 0 aromatic rings. The summed E-state index contributed by atoms with van der Waals surface area (Å²) in [6.45, 7) is 0. The number of carbonyl (C=O) groups excluding carboxylic acids is 1. The van der Waals surface area contributed by atoms with E-state index < -0.39 is 18.1 Å². The van der Waals surface area contributed by atoms with Crippen molar-refractivity contribution in [2.24, 2.45) is 16.5 Å². The van der Waals surface area contributed by atoms with Gasteiger partial charge in [0.05, 0.1) is 6.34 Å². The summed E-state index contributed by atoms with van der Waals surface area (Å²) in [6.07, 6.45) is 1.02. The number of amides is 1. The molecule has 1 aliphatic heterocycles. The lowest BCUT2D eigenvalue weighted by Gasteiger charge is -2.17. The molecule has 5 heteroatoms. The van der Waals surface area contributed by atoms with Crippen molar-refractivity contribution < 1.29 is 4.79 Å². The van der Waals surface area contributed by atoms with Gasteiger partial charge < -0.3 is 16.4 Å². The van der Waals surface area contributed by atoms with Gasteiger partial charge in [0.15, 0.2) is 0 Å². The summed E-state index contributed by atoms with van der Waals surface area (Å²) < 4.78 is 0.